The quantitative estimate of drug-likeness (QED) is 0.619. The van der Waals surface area contributed by atoms with E-state index in [1.54, 1.807) is 26.3 Å². The fourth-order valence-corrected chi connectivity index (χ4v) is 2.05. The van der Waals surface area contributed by atoms with E-state index < -0.39 is 6.10 Å². The summed E-state index contributed by atoms with van der Waals surface area (Å²) in [5.74, 6) is 0.824. The summed E-state index contributed by atoms with van der Waals surface area (Å²) >= 11 is 5.58. The monoisotopic (exact) mass is 330 g/mol. The maximum Gasteiger partial charge on any atom is 0.237 e. The Balaban J connectivity index is 2.52. The fourth-order valence-electron chi connectivity index (χ4n) is 1.88. The predicted octanol–water partition coefficient (Wildman–Crippen LogP) is 0.722. The minimum Gasteiger partial charge on any atom is -0.493 e. The second-order valence-electron chi connectivity index (χ2n) is 4.69. The largest absolute Gasteiger partial charge is 0.493 e. The summed E-state index contributed by atoms with van der Waals surface area (Å²) in [6.45, 7) is 1.34. The molecule has 0 spiro atoms. The number of amides is 1. The lowest BCUT2D eigenvalue weighted by Crippen LogP contribution is -2.43. The molecule has 1 rings (SSSR count). The van der Waals surface area contributed by atoms with E-state index in [4.69, 9.17) is 21.1 Å². The highest BCUT2D eigenvalue weighted by molar-refractivity contribution is 6.27. The van der Waals surface area contributed by atoms with Crippen molar-refractivity contribution in [1.82, 2.24) is 10.2 Å². The van der Waals surface area contributed by atoms with E-state index in [9.17, 15) is 9.90 Å². The molecular weight excluding hydrogens is 308 g/mol. The minimum atomic E-state index is -0.811. The second-order valence-corrected chi connectivity index (χ2v) is 4.96. The van der Waals surface area contributed by atoms with Crippen LogP contribution in [-0.4, -0.2) is 68.3 Å². The number of aliphatic hydroxyl groups excluding tert-OH is 1. The number of aliphatic hydroxyl groups is 1. The summed E-state index contributed by atoms with van der Waals surface area (Å²) in [7, 11) is 3.35. The number of rotatable bonds is 10. The number of carbonyl (C=O) groups excluding carboxylic acids is 1. The molecule has 0 aliphatic carbocycles. The number of ether oxygens (including phenoxy) is 2. The smallest absolute Gasteiger partial charge is 0.237 e. The molecule has 7 heteroatoms. The molecule has 0 saturated heterocycles. The van der Waals surface area contributed by atoms with Crippen molar-refractivity contribution in [3.05, 3.63) is 24.3 Å². The summed E-state index contributed by atoms with van der Waals surface area (Å²) in [6.07, 6.45) is -0.811. The SMILES string of the molecule is CNCCN(CC(O)COc1ccccc1OC)C(=O)CCl. The van der Waals surface area contributed by atoms with Crippen LogP contribution in [0.3, 0.4) is 0 Å². The van der Waals surface area contributed by atoms with Gasteiger partial charge in [-0.05, 0) is 19.2 Å². The average Bonchev–Trinajstić information content (AvgIpc) is 2.56. The minimum absolute atomic E-state index is 0.0615. The third-order valence-corrected chi connectivity index (χ3v) is 3.26. The highest BCUT2D eigenvalue weighted by Gasteiger charge is 2.17. The number of alkyl halides is 1. The third-order valence-electron chi connectivity index (χ3n) is 3.03. The van der Waals surface area contributed by atoms with Gasteiger partial charge in [-0.25, -0.2) is 0 Å². The number of halogens is 1. The van der Waals surface area contributed by atoms with Crippen molar-refractivity contribution in [1.29, 1.82) is 0 Å². The lowest BCUT2D eigenvalue weighted by Gasteiger charge is -2.24. The molecule has 1 atom stereocenters. The Hall–Kier alpha value is -1.50. The molecule has 0 aliphatic heterocycles. The fraction of sp³-hybridized carbons (Fsp3) is 0.533. The number of hydrogen-bond donors (Lipinski definition) is 2. The number of para-hydroxylation sites is 2. The van der Waals surface area contributed by atoms with Gasteiger partial charge in [0, 0.05) is 19.6 Å². The second kappa shape index (κ2) is 10.3. The van der Waals surface area contributed by atoms with Gasteiger partial charge in [-0.3, -0.25) is 4.79 Å². The van der Waals surface area contributed by atoms with Gasteiger partial charge in [0.1, 0.15) is 18.6 Å². The van der Waals surface area contributed by atoms with Gasteiger partial charge in [0.15, 0.2) is 11.5 Å². The standard InChI is InChI=1S/C15H23ClN2O4/c1-17-7-8-18(15(20)9-16)10-12(19)11-22-14-6-4-3-5-13(14)21-2/h3-6,12,17,19H,7-11H2,1-2H3. The van der Waals surface area contributed by atoms with Crippen molar-refractivity contribution in [3.8, 4) is 11.5 Å². The Kier molecular flexibility index (Phi) is 8.65. The molecule has 2 N–H and O–H groups in total. The molecule has 1 unspecified atom stereocenters. The van der Waals surface area contributed by atoms with Gasteiger partial charge in [-0.15, -0.1) is 11.6 Å². The number of benzene rings is 1. The highest BCUT2D eigenvalue weighted by Crippen LogP contribution is 2.25. The Labute approximate surface area is 136 Å². The summed E-state index contributed by atoms with van der Waals surface area (Å²) in [5.41, 5.74) is 0. The molecule has 6 nitrogen and oxygen atoms in total. The Bertz CT molecular complexity index is 459. The van der Waals surface area contributed by atoms with E-state index in [1.165, 1.54) is 4.90 Å². The first-order valence-corrected chi connectivity index (χ1v) is 7.58. The maximum absolute atomic E-state index is 11.7. The lowest BCUT2D eigenvalue weighted by atomic mass is 10.3. The first-order valence-electron chi connectivity index (χ1n) is 7.04. The molecule has 0 fully saturated rings. The van der Waals surface area contributed by atoms with Crippen molar-refractivity contribution in [2.45, 2.75) is 6.10 Å². The number of nitrogens with zero attached hydrogens (tertiary/aromatic N) is 1. The number of likely N-dealkylation sites (N-methyl/N-ethyl adjacent to an activating group) is 1. The van der Waals surface area contributed by atoms with E-state index in [0.717, 1.165) is 0 Å². The molecule has 22 heavy (non-hydrogen) atoms. The molecule has 124 valence electrons. The molecule has 1 amide bonds. The number of hydrogen-bond acceptors (Lipinski definition) is 5. The molecule has 0 aliphatic rings. The van der Waals surface area contributed by atoms with Crippen molar-refractivity contribution in [3.63, 3.8) is 0 Å². The predicted molar refractivity (Wildman–Crippen MR) is 85.7 cm³/mol. The van der Waals surface area contributed by atoms with E-state index in [1.807, 2.05) is 12.1 Å². The number of methoxy groups -OCH3 is 1. The van der Waals surface area contributed by atoms with Crippen molar-refractivity contribution in [2.75, 3.05) is 46.3 Å². The zero-order valence-corrected chi connectivity index (χ0v) is 13.7. The van der Waals surface area contributed by atoms with Crippen molar-refractivity contribution in [2.24, 2.45) is 0 Å². The Morgan fingerprint density at radius 1 is 1.41 bits per heavy atom. The molecule has 0 aromatic heterocycles. The Morgan fingerprint density at radius 3 is 2.68 bits per heavy atom. The van der Waals surface area contributed by atoms with Crippen LogP contribution in [0.2, 0.25) is 0 Å². The summed E-state index contributed by atoms with van der Waals surface area (Å²) < 4.78 is 10.7. The van der Waals surface area contributed by atoms with Crippen LogP contribution in [0.25, 0.3) is 0 Å². The van der Waals surface area contributed by atoms with E-state index in [0.29, 0.717) is 24.6 Å². The van der Waals surface area contributed by atoms with Gasteiger partial charge in [0.2, 0.25) is 5.91 Å². The molecular formula is C15H23ClN2O4. The van der Waals surface area contributed by atoms with E-state index in [2.05, 4.69) is 5.32 Å². The molecule has 0 bridgehead atoms. The van der Waals surface area contributed by atoms with Gasteiger partial charge in [0.05, 0.1) is 7.11 Å². The van der Waals surface area contributed by atoms with E-state index >= 15 is 0 Å². The van der Waals surface area contributed by atoms with Gasteiger partial charge in [0.25, 0.3) is 0 Å². The van der Waals surface area contributed by atoms with Crippen LogP contribution >= 0.6 is 11.6 Å². The topological polar surface area (TPSA) is 71.0 Å². The first kappa shape index (κ1) is 18.5. The van der Waals surface area contributed by atoms with Crippen molar-refractivity contribution >= 4 is 17.5 Å². The molecule has 0 heterocycles. The molecule has 1 aromatic rings. The third kappa shape index (κ3) is 6.09. The molecule has 1 aromatic carbocycles. The summed E-state index contributed by atoms with van der Waals surface area (Å²) in [5, 5.41) is 13.0. The van der Waals surface area contributed by atoms with Crippen LogP contribution in [0.1, 0.15) is 0 Å². The maximum atomic E-state index is 11.7. The van der Waals surface area contributed by atoms with Crippen LogP contribution in [0.5, 0.6) is 11.5 Å². The van der Waals surface area contributed by atoms with Gasteiger partial charge in [-0.1, -0.05) is 12.1 Å². The van der Waals surface area contributed by atoms with Crippen LogP contribution in [-0.2, 0) is 4.79 Å². The van der Waals surface area contributed by atoms with Gasteiger partial charge >= 0.3 is 0 Å². The Morgan fingerprint density at radius 2 is 2.09 bits per heavy atom. The van der Waals surface area contributed by atoms with Gasteiger partial charge < -0.3 is 24.8 Å². The summed E-state index contributed by atoms with van der Waals surface area (Å²) in [4.78, 5) is 13.2. The zero-order chi connectivity index (χ0) is 16.4. The van der Waals surface area contributed by atoms with Gasteiger partial charge in [-0.2, -0.15) is 0 Å². The first-order chi connectivity index (χ1) is 10.6. The zero-order valence-electron chi connectivity index (χ0n) is 12.9. The van der Waals surface area contributed by atoms with Crippen LogP contribution in [0.4, 0.5) is 0 Å². The highest BCUT2D eigenvalue weighted by atomic mass is 35.5. The van der Waals surface area contributed by atoms with E-state index in [-0.39, 0.29) is 24.9 Å². The normalized spacial score (nSPS) is 11.8. The average molecular weight is 331 g/mol. The van der Waals surface area contributed by atoms with Crippen molar-refractivity contribution < 1.29 is 19.4 Å². The summed E-state index contributed by atoms with van der Waals surface area (Å²) in [6, 6.07) is 7.19. The van der Waals surface area contributed by atoms with Crippen LogP contribution < -0.4 is 14.8 Å². The molecule has 0 saturated carbocycles. The number of nitrogens with one attached hydrogen (secondary N) is 1. The van der Waals surface area contributed by atoms with Crippen LogP contribution in [0.15, 0.2) is 24.3 Å². The lowest BCUT2D eigenvalue weighted by molar-refractivity contribution is -0.130. The molecule has 0 radical (unpaired) electrons. The van der Waals surface area contributed by atoms with Crippen LogP contribution in [0, 0.1) is 0 Å². The number of carbonyl (C=O) groups is 1.